The van der Waals surface area contributed by atoms with Crippen LogP contribution < -0.4 is 4.90 Å². The number of fused-ring (bicyclic) bond motifs is 7. The first-order chi connectivity index (χ1) is 27.7. The van der Waals surface area contributed by atoms with E-state index in [0.717, 1.165) is 17.1 Å². The molecule has 0 saturated carbocycles. The van der Waals surface area contributed by atoms with Crippen LogP contribution >= 0.6 is 11.3 Å². The van der Waals surface area contributed by atoms with Crippen molar-refractivity contribution in [2.24, 2.45) is 0 Å². The van der Waals surface area contributed by atoms with Gasteiger partial charge in [0.1, 0.15) is 0 Å². The highest BCUT2D eigenvalue weighted by Gasteiger charge is 2.18. The normalized spacial score (nSPS) is 11.7. The van der Waals surface area contributed by atoms with E-state index in [-0.39, 0.29) is 0 Å². The lowest BCUT2D eigenvalue weighted by atomic mass is 10.0. The van der Waals surface area contributed by atoms with Gasteiger partial charge in [0.25, 0.3) is 0 Å². The third-order valence-electron chi connectivity index (χ3n) is 11.2. The first-order valence-corrected chi connectivity index (χ1v) is 20.0. The van der Waals surface area contributed by atoms with Gasteiger partial charge in [-0.2, -0.15) is 0 Å². The molecule has 0 bridgehead atoms. The summed E-state index contributed by atoms with van der Waals surface area (Å²) >= 11 is 1.88. The number of nitrogens with zero attached hydrogens (tertiary/aromatic N) is 2. The van der Waals surface area contributed by atoms with Gasteiger partial charge in [0.2, 0.25) is 0 Å². The zero-order chi connectivity index (χ0) is 37.2. The number of hydrogen-bond donors (Lipinski definition) is 0. The minimum Gasteiger partial charge on any atom is -0.310 e. The smallest absolute Gasteiger partial charge is 0.0541 e. The summed E-state index contributed by atoms with van der Waals surface area (Å²) in [5.41, 5.74) is 13.1. The predicted molar refractivity (Wildman–Crippen MR) is 241 cm³/mol. The van der Waals surface area contributed by atoms with Gasteiger partial charge in [-0.3, -0.25) is 0 Å². The van der Waals surface area contributed by atoms with Gasteiger partial charge in [-0.05, 0) is 107 Å². The van der Waals surface area contributed by atoms with E-state index in [1.807, 2.05) is 11.3 Å². The quantitative estimate of drug-likeness (QED) is 0.165. The van der Waals surface area contributed by atoms with Gasteiger partial charge in [0.15, 0.2) is 0 Å². The molecule has 0 aliphatic carbocycles. The Morgan fingerprint density at radius 1 is 0.429 bits per heavy atom. The number of anilines is 3. The van der Waals surface area contributed by atoms with Crippen molar-refractivity contribution in [3.05, 3.63) is 206 Å². The molecule has 0 saturated heterocycles. The summed E-state index contributed by atoms with van der Waals surface area (Å²) in [4.78, 5) is 2.40. The molecule has 264 valence electrons. The van der Waals surface area contributed by atoms with E-state index in [2.05, 4.69) is 217 Å². The molecular formula is C53H36N2S. The van der Waals surface area contributed by atoms with Crippen LogP contribution in [0.5, 0.6) is 0 Å². The lowest BCUT2D eigenvalue weighted by Crippen LogP contribution is -2.10. The number of aromatic nitrogens is 1. The molecule has 2 heterocycles. The Balaban J connectivity index is 1.01. The lowest BCUT2D eigenvalue weighted by Gasteiger charge is -2.27. The highest BCUT2D eigenvalue weighted by atomic mass is 32.1. The largest absolute Gasteiger partial charge is 0.310 e. The molecule has 0 atom stereocenters. The fourth-order valence-corrected chi connectivity index (χ4v) is 9.83. The van der Waals surface area contributed by atoms with Gasteiger partial charge >= 0.3 is 0 Å². The Morgan fingerprint density at radius 3 is 1.88 bits per heavy atom. The topological polar surface area (TPSA) is 8.17 Å². The van der Waals surface area contributed by atoms with Crippen LogP contribution in [0.3, 0.4) is 0 Å². The van der Waals surface area contributed by atoms with Crippen molar-refractivity contribution in [3.8, 4) is 27.9 Å². The number of benzene rings is 9. The second kappa shape index (κ2) is 13.1. The summed E-state index contributed by atoms with van der Waals surface area (Å²) in [6.07, 6.45) is 0. The molecule has 11 aromatic rings. The van der Waals surface area contributed by atoms with Gasteiger partial charge in [0.05, 0.1) is 16.7 Å². The summed E-state index contributed by atoms with van der Waals surface area (Å²) in [6.45, 7) is 2.16. The first-order valence-electron chi connectivity index (χ1n) is 19.2. The molecule has 0 N–H and O–H groups in total. The number of rotatable bonds is 6. The Hall–Kier alpha value is -6.94. The molecular weight excluding hydrogens is 697 g/mol. The second-order valence-corrected chi connectivity index (χ2v) is 15.7. The maximum Gasteiger partial charge on any atom is 0.0541 e. The molecule has 9 aromatic carbocycles. The first kappa shape index (κ1) is 32.5. The number of hydrogen-bond acceptors (Lipinski definition) is 2. The van der Waals surface area contributed by atoms with E-state index >= 15 is 0 Å². The van der Waals surface area contributed by atoms with Crippen LogP contribution in [0.4, 0.5) is 17.1 Å². The molecule has 0 fully saturated rings. The van der Waals surface area contributed by atoms with E-state index in [1.54, 1.807) is 0 Å². The SMILES string of the molecule is Cc1cccc(-n2c3ccccc3c3cc(-c4ccc(N(c5ccc(-c6cccc7c6sc6ccccc67)cc5)c5cccc6ccccc56)cc4)ccc32)c1. The van der Waals surface area contributed by atoms with Gasteiger partial charge in [-0.15, -0.1) is 11.3 Å². The van der Waals surface area contributed by atoms with Gasteiger partial charge in [0, 0.05) is 53.4 Å². The monoisotopic (exact) mass is 732 g/mol. The average Bonchev–Trinajstić information content (AvgIpc) is 3.80. The van der Waals surface area contributed by atoms with Gasteiger partial charge in [-0.25, -0.2) is 0 Å². The molecule has 56 heavy (non-hydrogen) atoms. The molecule has 11 rings (SSSR count). The number of aryl methyl sites for hydroxylation is 1. The maximum atomic E-state index is 2.40. The highest BCUT2D eigenvalue weighted by Crippen LogP contribution is 2.43. The highest BCUT2D eigenvalue weighted by molar-refractivity contribution is 7.26. The zero-order valence-corrected chi connectivity index (χ0v) is 31.7. The van der Waals surface area contributed by atoms with E-state index in [0.29, 0.717) is 0 Å². The molecule has 3 heteroatoms. The minimum atomic E-state index is 1.11. The Labute approximate surface area is 329 Å². The molecule has 0 aliphatic rings. The van der Waals surface area contributed by atoms with Gasteiger partial charge in [-0.1, -0.05) is 133 Å². The van der Waals surface area contributed by atoms with Gasteiger partial charge < -0.3 is 9.47 Å². The number of thiophene rings is 1. The maximum absolute atomic E-state index is 2.40. The van der Waals surface area contributed by atoms with Crippen LogP contribution in [0.1, 0.15) is 5.56 Å². The molecule has 0 radical (unpaired) electrons. The third kappa shape index (κ3) is 5.31. The summed E-state index contributed by atoms with van der Waals surface area (Å²) in [6, 6.07) is 73.3. The third-order valence-corrected chi connectivity index (χ3v) is 12.5. The number of para-hydroxylation sites is 1. The molecule has 2 aromatic heterocycles. The fraction of sp³-hybridized carbons (Fsp3) is 0.0189. The predicted octanol–water partition coefficient (Wildman–Crippen LogP) is 15.4. The van der Waals surface area contributed by atoms with Crippen LogP contribution in [-0.2, 0) is 0 Å². The second-order valence-electron chi connectivity index (χ2n) is 14.6. The van der Waals surface area contributed by atoms with Crippen molar-refractivity contribution in [1.29, 1.82) is 0 Å². The zero-order valence-electron chi connectivity index (χ0n) is 30.9. The van der Waals surface area contributed by atoms with Crippen LogP contribution in [0, 0.1) is 6.92 Å². The summed E-state index contributed by atoms with van der Waals surface area (Å²) in [7, 11) is 0. The molecule has 0 aliphatic heterocycles. The Bertz CT molecular complexity index is 3250. The molecule has 2 nitrogen and oxygen atoms in total. The standard InChI is InChI=1S/C53H36N2S/c1-35-11-8-14-42(33-35)55-50-20-6-4-16-45(50)48-34-39(27-32-51(48)55)36-23-28-40(29-24-36)54(49-21-9-13-37-12-2-3-15-43(37)49)41-30-25-38(26-31-41)44-18-10-19-47-46-17-5-7-22-52(46)56-53(44)47/h2-34H,1H3. The Morgan fingerprint density at radius 2 is 1.05 bits per heavy atom. The summed E-state index contributed by atoms with van der Waals surface area (Å²) < 4.78 is 5.05. The summed E-state index contributed by atoms with van der Waals surface area (Å²) in [5.74, 6) is 0. The molecule has 0 unspecified atom stereocenters. The van der Waals surface area contributed by atoms with E-state index in [9.17, 15) is 0 Å². The fourth-order valence-electron chi connectivity index (χ4n) is 8.60. The van der Waals surface area contributed by atoms with Crippen molar-refractivity contribution in [3.63, 3.8) is 0 Å². The summed E-state index contributed by atoms with van der Waals surface area (Å²) in [5, 5.41) is 7.60. The van der Waals surface area contributed by atoms with Crippen LogP contribution in [-0.4, -0.2) is 4.57 Å². The van der Waals surface area contributed by atoms with Crippen molar-refractivity contribution in [2.75, 3.05) is 4.90 Å². The van der Waals surface area contributed by atoms with Crippen LogP contribution in [0.2, 0.25) is 0 Å². The van der Waals surface area contributed by atoms with Crippen molar-refractivity contribution < 1.29 is 0 Å². The van der Waals surface area contributed by atoms with Crippen molar-refractivity contribution in [2.45, 2.75) is 6.92 Å². The average molecular weight is 733 g/mol. The van der Waals surface area contributed by atoms with E-state index in [4.69, 9.17) is 0 Å². The Kier molecular flexibility index (Phi) is 7.61. The lowest BCUT2D eigenvalue weighted by molar-refractivity contribution is 1.17. The molecule has 0 amide bonds. The minimum absolute atomic E-state index is 1.11. The van der Waals surface area contributed by atoms with Crippen LogP contribution in [0.15, 0.2) is 200 Å². The van der Waals surface area contributed by atoms with Crippen molar-refractivity contribution in [1.82, 2.24) is 4.57 Å². The van der Waals surface area contributed by atoms with E-state index < -0.39 is 0 Å². The van der Waals surface area contributed by atoms with E-state index in [1.165, 1.54) is 86.3 Å². The van der Waals surface area contributed by atoms with Crippen molar-refractivity contribution >= 4 is 81.1 Å². The van der Waals surface area contributed by atoms with Crippen LogP contribution in [0.25, 0.3) is 80.7 Å². The molecule has 0 spiro atoms.